The van der Waals surface area contributed by atoms with Crippen LogP contribution in [0.25, 0.3) is 33.3 Å². The molecule has 0 radical (unpaired) electrons. The van der Waals surface area contributed by atoms with E-state index < -0.39 is 0 Å². The predicted octanol–water partition coefficient (Wildman–Crippen LogP) is 4.75. The van der Waals surface area contributed by atoms with Crippen LogP contribution in [0.3, 0.4) is 0 Å². The van der Waals surface area contributed by atoms with E-state index in [9.17, 15) is 5.11 Å². The van der Waals surface area contributed by atoms with Crippen molar-refractivity contribution in [3.05, 3.63) is 53.3 Å². The van der Waals surface area contributed by atoms with Crippen LogP contribution in [0.2, 0.25) is 5.02 Å². The normalized spacial score (nSPS) is 15.1. The van der Waals surface area contributed by atoms with Gasteiger partial charge in [0.1, 0.15) is 28.5 Å². The van der Waals surface area contributed by atoms with Gasteiger partial charge in [-0.1, -0.05) is 36.7 Å². The Morgan fingerprint density at radius 3 is 2.79 bits per heavy atom. The summed E-state index contributed by atoms with van der Waals surface area (Å²) in [6.45, 7) is 3.16. The van der Waals surface area contributed by atoms with Crippen LogP contribution < -0.4 is 15.0 Å². The number of ether oxygens (including phenoxy) is 1. The van der Waals surface area contributed by atoms with Crippen LogP contribution in [0.1, 0.15) is 25.5 Å². The molecule has 4 heterocycles. The second-order valence-electron chi connectivity index (χ2n) is 9.96. The lowest BCUT2D eigenvalue weighted by Crippen LogP contribution is -2.45. The summed E-state index contributed by atoms with van der Waals surface area (Å²) in [6.07, 6.45) is 3.19. The summed E-state index contributed by atoms with van der Waals surface area (Å²) in [5.74, 6) is 1.82. The number of fused-ring (bicyclic) bond motifs is 2. The summed E-state index contributed by atoms with van der Waals surface area (Å²) in [6, 6.07) is 11.4. The lowest BCUT2D eigenvalue weighted by atomic mass is 9.79. The standard InChI is InChI=1S/C27H28ClN9O2/c1-27(26(29)31-16-4-3-5-17(12-16)39-2)8-10-37(11-9-27)25-19(14-38)32-23-22(35-36-24(23)33-25)18-7-6-15-13-30-34-21(15)20(18)28/h3-7,12-13,38H,8-11,14H2,1-2H3,(H2,29,31)(H,30,34)(H,33,35,36). The quantitative estimate of drug-likeness (QED) is 0.151. The molecular weight excluding hydrogens is 518 g/mol. The molecule has 0 amide bonds. The van der Waals surface area contributed by atoms with Gasteiger partial charge in [-0.2, -0.15) is 10.2 Å². The van der Waals surface area contributed by atoms with Crippen molar-refractivity contribution >= 4 is 51.0 Å². The number of methoxy groups -OCH3 is 1. The third kappa shape index (κ3) is 4.43. The van der Waals surface area contributed by atoms with Crippen molar-refractivity contribution in [2.45, 2.75) is 26.4 Å². The molecular formula is C27H28ClN9O2. The summed E-state index contributed by atoms with van der Waals surface area (Å²) < 4.78 is 5.30. The predicted molar refractivity (Wildman–Crippen MR) is 152 cm³/mol. The molecule has 6 rings (SSSR count). The number of rotatable bonds is 6. The van der Waals surface area contributed by atoms with Gasteiger partial charge in [-0.15, -0.1) is 0 Å². The van der Waals surface area contributed by atoms with Crippen molar-refractivity contribution in [3.63, 3.8) is 0 Å². The highest BCUT2D eigenvalue weighted by Gasteiger charge is 2.36. The molecule has 0 saturated carbocycles. The minimum atomic E-state index is -0.334. The molecule has 39 heavy (non-hydrogen) atoms. The number of piperidine rings is 1. The monoisotopic (exact) mass is 545 g/mol. The number of anilines is 2. The molecule has 2 aromatic carbocycles. The third-order valence-corrected chi connectivity index (χ3v) is 7.91. The Bertz CT molecular complexity index is 1690. The Hall–Kier alpha value is -4.22. The number of aliphatic hydroxyl groups excluding tert-OH is 1. The van der Waals surface area contributed by atoms with Crippen molar-refractivity contribution in [2.75, 3.05) is 30.4 Å². The Balaban J connectivity index is 1.24. The molecule has 11 nitrogen and oxygen atoms in total. The molecule has 5 N–H and O–H groups in total. The molecule has 0 bridgehead atoms. The number of H-pyrrole nitrogens is 2. The average molecular weight is 546 g/mol. The van der Waals surface area contributed by atoms with Crippen molar-refractivity contribution in [2.24, 2.45) is 5.41 Å². The Labute approximate surface area is 229 Å². The zero-order valence-corrected chi connectivity index (χ0v) is 22.3. The minimum absolute atomic E-state index is 0.267. The van der Waals surface area contributed by atoms with E-state index in [-0.39, 0.29) is 12.0 Å². The number of hydrogen-bond acceptors (Lipinski definition) is 8. The van der Waals surface area contributed by atoms with Gasteiger partial charge < -0.3 is 20.1 Å². The Morgan fingerprint density at radius 1 is 1.21 bits per heavy atom. The van der Waals surface area contributed by atoms with Crippen molar-refractivity contribution in [1.29, 1.82) is 5.41 Å². The molecule has 1 aliphatic rings. The van der Waals surface area contributed by atoms with Crippen molar-refractivity contribution in [3.8, 4) is 17.0 Å². The van der Waals surface area contributed by atoms with Crippen LogP contribution in [0.15, 0.2) is 42.6 Å². The summed E-state index contributed by atoms with van der Waals surface area (Å²) in [7, 11) is 1.63. The molecule has 1 fully saturated rings. The second kappa shape index (κ2) is 9.83. The summed E-state index contributed by atoms with van der Waals surface area (Å²) in [4.78, 5) is 11.7. The van der Waals surface area contributed by atoms with Crippen LogP contribution >= 0.6 is 11.6 Å². The number of aliphatic hydroxyl groups is 1. The van der Waals surface area contributed by atoms with Gasteiger partial charge in [-0.05, 0) is 25.0 Å². The first-order valence-corrected chi connectivity index (χ1v) is 13.0. The summed E-state index contributed by atoms with van der Waals surface area (Å²) in [5, 5.41) is 38.1. The zero-order chi connectivity index (χ0) is 27.1. The Morgan fingerprint density at radius 2 is 2.03 bits per heavy atom. The maximum Gasteiger partial charge on any atom is 0.177 e. The lowest BCUT2D eigenvalue weighted by molar-refractivity contribution is 0.276. The van der Waals surface area contributed by atoms with Crippen LogP contribution in [0.5, 0.6) is 5.75 Å². The maximum atomic E-state index is 10.2. The van der Waals surface area contributed by atoms with E-state index in [1.165, 1.54) is 0 Å². The highest BCUT2D eigenvalue weighted by atomic mass is 35.5. The molecule has 0 unspecified atom stereocenters. The number of halogens is 1. The largest absolute Gasteiger partial charge is 0.497 e. The fraction of sp³-hybridized carbons (Fsp3) is 0.296. The number of hydrogen-bond donors (Lipinski definition) is 5. The SMILES string of the molecule is COc1cccc(NC(=N)C2(C)CCN(c3nc4[nH]nc(-c5ccc6cn[nH]c6c5Cl)c4nc3CO)CC2)c1. The highest BCUT2D eigenvalue weighted by molar-refractivity contribution is 6.38. The lowest BCUT2D eigenvalue weighted by Gasteiger charge is -2.40. The first-order valence-electron chi connectivity index (χ1n) is 12.6. The molecule has 1 aliphatic heterocycles. The van der Waals surface area contributed by atoms with Crippen LogP contribution in [-0.2, 0) is 6.61 Å². The van der Waals surface area contributed by atoms with E-state index in [0.29, 0.717) is 57.9 Å². The average Bonchev–Trinajstić information content (AvgIpc) is 3.60. The molecule has 0 atom stereocenters. The number of amidine groups is 1. The smallest absolute Gasteiger partial charge is 0.177 e. The van der Waals surface area contributed by atoms with Gasteiger partial charge in [0, 0.05) is 41.2 Å². The van der Waals surface area contributed by atoms with Gasteiger partial charge in [0.2, 0.25) is 0 Å². The second-order valence-corrected chi connectivity index (χ2v) is 10.3. The highest BCUT2D eigenvalue weighted by Crippen LogP contribution is 2.38. The number of nitrogens with zero attached hydrogens (tertiary/aromatic N) is 5. The molecule has 0 aliphatic carbocycles. The maximum absolute atomic E-state index is 10.2. The van der Waals surface area contributed by atoms with Crippen molar-refractivity contribution in [1.82, 2.24) is 30.4 Å². The van der Waals surface area contributed by atoms with E-state index in [4.69, 9.17) is 31.7 Å². The fourth-order valence-electron chi connectivity index (χ4n) is 5.03. The van der Waals surface area contributed by atoms with Gasteiger partial charge in [-0.3, -0.25) is 15.6 Å². The summed E-state index contributed by atoms with van der Waals surface area (Å²) >= 11 is 6.66. The number of nitrogens with one attached hydrogen (secondary N) is 4. The molecule has 0 spiro atoms. The van der Waals surface area contributed by atoms with Crippen LogP contribution in [0.4, 0.5) is 11.5 Å². The van der Waals surface area contributed by atoms with Crippen LogP contribution in [0, 0.1) is 10.8 Å². The van der Waals surface area contributed by atoms with E-state index in [1.807, 2.05) is 36.4 Å². The first-order chi connectivity index (χ1) is 18.9. The van der Waals surface area contributed by atoms with Gasteiger partial charge >= 0.3 is 0 Å². The molecule has 3 aromatic heterocycles. The molecule has 12 heteroatoms. The van der Waals surface area contributed by atoms with Crippen molar-refractivity contribution < 1.29 is 9.84 Å². The van der Waals surface area contributed by atoms with Gasteiger partial charge in [-0.25, -0.2) is 9.97 Å². The zero-order valence-electron chi connectivity index (χ0n) is 21.5. The number of benzene rings is 2. The van der Waals surface area contributed by atoms with E-state index >= 15 is 0 Å². The van der Waals surface area contributed by atoms with Crippen LogP contribution in [-0.4, -0.2) is 61.5 Å². The van der Waals surface area contributed by atoms with E-state index in [0.717, 1.165) is 35.2 Å². The molecule has 200 valence electrons. The van der Waals surface area contributed by atoms with Gasteiger partial charge in [0.15, 0.2) is 11.5 Å². The number of aromatic amines is 2. The third-order valence-electron chi connectivity index (χ3n) is 7.51. The van der Waals surface area contributed by atoms with Gasteiger partial charge in [0.25, 0.3) is 0 Å². The fourth-order valence-corrected chi connectivity index (χ4v) is 5.34. The van der Waals surface area contributed by atoms with E-state index in [2.05, 4.69) is 37.5 Å². The van der Waals surface area contributed by atoms with Gasteiger partial charge in [0.05, 0.1) is 30.5 Å². The topological polar surface area (TPSA) is 152 Å². The Kier molecular flexibility index (Phi) is 6.32. The minimum Gasteiger partial charge on any atom is -0.497 e. The number of aromatic nitrogens is 6. The summed E-state index contributed by atoms with van der Waals surface area (Å²) in [5.41, 5.74) is 3.99. The van der Waals surface area contributed by atoms with E-state index in [1.54, 1.807) is 13.3 Å². The molecule has 1 saturated heterocycles. The first kappa shape index (κ1) is 25.1. The molecule has 5 aromatic rings.